The molecular weight excluding hydrogens is 322 g/mol. The summed E-state index contributed by atoms with van der Waals surface area (Å²) < 4.78 is 5.65. The van der Waals surface area contributed by atoms with Gasteiger partial charge in [-0.15, -0.1) is 0 Å². The SMILES string of the molecule is Cc1ccc(CCC[C@@H](CC(=O)Nc2ccccc2)c2ccccc2)o1. The summed E-state index contributed by atoms with van der Waals surface area (Å²) in [5, 5.41) is 3.00. The van der Waals surface area contributed by atoms with Crippen molar-refractivity contribution in [3.63, 3.8) is 0 Å². The molecule has 0 unspecified atom stereocenters. The van der Waals surface area contributed by atoms with E-state index in [-0.39, 0.29) is 11.8 Å². The van der Waals surface area contributed by atoms with Crippen molar-refractivity contribution in [3.05, 3.63) is 89.9 Å². The van der Waals surface area contributed by atoms with Crippen LogP contribution < -0.4 is 5.32 Å². The second kappa shape index (κ2) is 9.04. The molecule has 0 saturated heterocycles. The highest BCUT2D eigenvalue weighted by Gasteiger charge is 2.16. The van der Waals surface area contributed by atoms with Gasteiger partial charge in [-0.05, 0) is 55.5 Å². The molecule has 0 aliphatic rings. The van der Waals surface area contributed by atoms with Gasteiger partial charge in [0, 0.05) is 18.5 Å². The van der Waals surface area contributed by atoms with Crippen LogP contribution in [0, 0.1) is 6.92 Å². The van der Waals surface area contributed by atoms with Crippen molar-refractivity contribution in [1.29, 1.82) is 0 Å². The van der Waals surface area contributed by atoms with Crippen LogP contribution in [0.2, 0.25) is 0 Å². The summed E-state index contributed by atoms with van der Waals surface area (Å²) in [6.07, 6.45) is 3.32. The number of aryl methyl sites for hydroxylation is 2. The number of anilines is 1. The Hall–Kier alpha value is -2.81. The van der Waals surface area contributed by atoms with Gasteiger partial charge in [0.15, 0.2) is 0 Å². The Kier molecular flexibility index (Phi) is 6.26. The fourth-order valence-corrected chi connectivity index (χ4v) is 3.21. The Labute approximate surface area is 155 Å². The van der Waals surface area contributed by atoms with E-state index in [0.29, 0.717) is 6.42 Å². The van der Waals surface area contributed by atoms with Gasteiger partial charge < -0.3 is 9.73 Å². The van der Waals surface area contributed by atoms with E-state index < -0.39 is 0 Å². The van der Waals surface area contributed by atoms with Gasteiger partial charge in [0.1, 0.15) is 11.5 Å². The molecule has 134 valence electrons. The molecule has 3 nitrogen and oxygen atoms in total. The third-order valence-electron chi connectivity index (χ3n) is 4.53. The van der Waals surface area contributed by atoms with Crippen molar-refractivity contribution < 1.29 is 9.21 Å². The predicted molar refractivity (Wildman–Crippen MR) is 105 cm³/mol. The van der Waals surface area contributed by atoms with Crippen LogP contribution in [0.4, 0.5) is 5.69 Å². The number of hydrogen-bond donors (Lipinski definition) is 1. The highest BCUT2D eigenvalue weighted by Crippen LogP contribution is 2.26. The van der Waals surface area contributed by atoms with Crippen LogP contribution in [0.3, 0.4) is 0 Å². The van der Waals surface area contributed by atoms with Gasteiger partial charge >= 0.3 is 0 Å². The fourth-order valence-electron chi connectivity index (χ4n) is 3.21. The number of rotatable bonds is 8. The van der Waals surface area contributed by atoms with Gasteiger partial charge in [-0.2, -0.15) is 0 Å². The molecule has 1 amide bonds. The third kappa shape index (κ3) is 5.35. The molecule has 0 aliphatic heterocycles. The monoisotopic (exact) mass is 347 g/mol. The maximum absolute atomic E-state index is 12.5. The summed E-state index contributed by atoms with van der Waals surface area (Å²) in [7, 11) is 0. The van der Waals surface area contributed by atoms with Crippen LogP contribution in [-0.2, 0) is 11.2 Å². The summed E-state index contributed by atoms with van der Waals surface area (Å²) in [6.45, 7) is 1.96. The Bertz CT molecular complexity index is 808. The van der Waals surface area contributed by atoms with E-state index in [2.05, 4.69) is 17.4 Å². The predicted octanol–water partition coefficient (Wildman–Crippen LogP) is 5.72. The molecule has 0 spiro atoms. The second-order valence-electron chi connectivity index (χ2n) is 6.63. The Morgan fingerprint density at radius 3 is 2.31 bits per heavy atom. The minimum absolute atomic E-state index is 0.0545. The maximum Gasteiger partial charge on any atom is 0.224 e. The van der Waals surface area contributed by atoms with Crippen LogP contribution in [-0.4, -0.2) is 5.91 Å². The summed E-state index contributed by atoms with van der Waals surface area (Å²) in [6, 6.07) is 23.9. The van der Waals surface area contributed by atoms with Crippen molar-refractivity contribution in [2.45, 2.75) is 38.5 Å². The molecule has 1 N–H and O–H groups in total. The van der Waals surface area contributed by atoms with Crippen molar-refractivity contribution >= 4 is 11.6 Å². The first-order chi connectivity index (χ1) is 12.7. The minimum Gasteiger partial charge on any atom is -0.466 e. The zero-order chi connectivity index (χ0) is 18.2. The molecule has 3 rings (SSSR count). The Morgan fingerprint density at radius 1 is 0.962 bits per heavy atom. The molecular formula is C23H25NO2. The van der Waals surface area contributed by atoms with Crippen LogP contribution in [0.5, 0.6) is 0 Å². The van der Waals surface area contributed by atoms with E-state index in [0.717, 1.165) is 36.5 Å². The van der Waals surface area contributed by atoms with E-state index in [9.17, 15) is 4.79 Å². The number of hydrogen-bond acceptors (Lipinski definition) is 2. The Balaban J connectivity index is 1.60. The van der Waals surface area contributed by atoms with Crippen LogP contribution in [0.15, 0.2) is 77.2 Å². The molecule has 0 radical (unpaired) electrons. The number of amides is 1. The van der Waals surface area contributed by atoms with Crippen LogP contribution in [0.1, 0.15) is 42.3 Å². The lowest BCUT2D eigenvalue weighted by Crippen LogP contribution is -2.16. The van der Waals surface area contributed by atoms with E-state index in [1.54, 1.807) is 0 Å². The number of carbonyl (C=O) groups excluding carboxylic acids is 1. The lowest BCUT2D eigenvalue weighted by molar-refractivity contribution is -0.116. The molecule has 3 heteroatoms. The number of furan rings is 1. The van der Waals surface area contributed by atoms with E-state index in [1.807, 2.05) is 67.6 Å². The van der Waals surface area contributed by atoms with Gasteiger partial charge in [-0.25, -0.2) is 0 Å². The second-order valence-corrected chi connectivity index (χ2v) is 6.63. The summed E-state index contributed by atoms with van der Waals surface area (Å²) in [5.41, 5.74) is 2.06. The molecule has 2 aromatic carbocycles. The van der Waals surface area contributed by atoms with Crippen molar-refractivity contribution in [1.82, 2.24) is 0 Å². The summed E-state index contributed by atoms with van der Waals surface area (Å²) in [5.74, 6) is 2.22. The lowest BCUT2D eigenvalue weighted by atomic mass is 9.90. The quantitative estimate of drug-likeness (QED) is 0.566. The molecule has 1 atom stereocenters. The van der Waals surface area contributed by atoms with Crippen molar-refractivity contribution in [3.8, 4) is 0 Å². The fraction of sp³-hybridized carbons (Fsp3) is 0.261. The van der Waals surface area contributed by atoms with Crippen molar-refractivity contribution in [2.24, 2.45) is 0 Å². The topological polar surface area (TPSA) is 42.2 Å². The zero-order valence-electron chi connectivity index (χ0n) is 15.2. The number of nitrogens with one attached hydrogen (secondary N) is 1. The zero-order valence-corrected chi connectivity index (χ0v) is 15.2. The molecule has 0 fully saturated rings. The number of benzene rings is 2. The highest BCUT2D eigenvalue weighted by atomic mass is 16.3. The standard InChI is InChI=1S/C23H25NO2/c1-18-15-16-22(26-18)14-8-11-20(19-9-4-2-5-10-19)17-23(25)24-21-12-6-3-7-13-21/h2-7,9-10,12-13,15-16,20H,8,11,14,17H2,1H3,(H,24,25)/t20-/m0/s1. The highest BCUT2D eigenvalue weighted by molar-refractivity contribution is 5.91. The molecule has 3 aromatic rings. The number of carbonyl (C=O) groups is 1. The molecule has 0 aliphatic carbocycles. The molecule has 1 aromatic heterocycles. The Morgan fingerprint density at radius 2 is 1.65 bits per heavy atom. The minimum atomic E-state index is 0.0545. The van der Waals surface area contributed by atoms with Gasteiger partial charge in [0.25, 0.3) is 0 Å². The van der Waals surface area contributed by atoms with E-state index >= 15 is 0 Å². The van der Waals surface area contributed by atoms with Gasteiger partial charge in [0.2, 0.25) is 5.91 Å². The van der Waals surface area contributed by atoms with Crippen LogP contribution in [0.25, 0.3) is 0 Å². The van der Waals surface area contributed by atoms with E-state index in [4.69, 9.17) is 4.42 Å². The first kappa shape index (κ1) is 18.0. The normalized spacial score (nSPS) is 11.9. The first-order valence-corrected chi connectivity index (χ1v) is 9.16. The molecule has 1 heterocycles. The summed E-state index contributed by atoms with van der Waals surface area (Å²) in [4.78, 5) is 12.5. The average molecular weight is 347 g/mol. The average Bonchev–Trinajstić information content (AvgIpc) is 3.07. The molecule has 0 saturated carbocycles. The third-order valence-corrected chi connectivity index (χ3v) is 4.53. The lowest BCUT2D eigenvalue weighted by Gasteiger charge is -2.17. The number of para-hydroxylation sites is 1. The van der Waals surface area contributed by atoms with Crippen LogP contribution >= 0.6 is 0 Å². The van der Waals surface area contributed by atoms with Gasteiger partial charge in [-0.3, -0.25) is 4.79 Å². The van der Waals surface area contributed by atoms with Gasteiger partial charge in [-0.1, -0.05) is 48.5 Å². The van der Waals surface area contributed by atoms with E-state index in [1.165, 1.54) is 5.56 Å². The smallest absolute Gasteiger partial charge is 0.224 e. The molecule has 26 heavy (non-hydrogen) atoms. The van der Waals surface area contributed by atoms with Gasteiger partial charge in [0.05, 0.1) is 0 Å². The largest absolute Gasteiger partial charge is 0.466 e. The van der Waals surface area contributed by atoms with Crippen molar-refractivity contribution in [2.75, 3.05) is 5.32 Å². The first-order valence-electron chi connectivity index (χ1n) is 9.16. The maximum atomic E-state index is 12.5. The molecule has 0 bridgehead atoms. The summed E-state index contributed by atoms with van der Waals surface area (Å²) >= 11 is 0.